The highest BCUT2D eigenvalue weighted by molar-refractivity contribution is 7.80. The van der Waals surface area contributed by atoms with Gasteiger partial charge in [0.1, 0.15) is 10.7 Å². The monoisotopic (exact) mass is 264 g/mol. The molecule has 0 radical (unpaired) electrons. The van der Waals surface area contributed by atoms with Gasteiger partial charge in [-0.05, 0) is 26.2 Å². The number of nitrogens with zero attached hydrogens (tertiary/aromatic N) is 1. The summed E-state index contributed by atoms with van der Waals surface area (Å²) in [6.45, 7) is 4.61. The molecule has 0 aromatic carbocycles. The minimum Gasteiger partial charge on any atom is -0.493 e. The lowest BCUT2D eigenvalue weighted by atomic mass is 9.83. The molecule has 3 nitrogen and oxygen atoms in total. The number of aryl methyl sites for hydroxylation is 2. The van der Waals surface area contributed by atoms with E-state index in [1.807, 2.05) is 19.9 Å². The largest absolute Gasteiger partial charge is 0.493 e. The highest BCUT2D eigenvalue weighted by Gasteiger charge is 2.18. The van der Waals surface area contributed by atoms with Crippen LogP contribution in [0.5, 0.6) is 5.75 Å². The van der Waals surface area contributed by atoms with Crippen LogP contribution in [0.25, 0.3) is 0 Å². The van der Waals surface area contributed by atoms with Crippen molar-refractivity contribution >= 4 is 17.2 Å². The van der Waals surface area contributed by atoms with E-state index in [2.05, 4.69) is 4.98 Å². The van der Waals surface area contributed by atoms with Crippen molar-refractivity contribution in [3.8, 4) is 5.75 Å². The first-order valence-electron chi connectivity index (χ1n) is 6.48. The zero-order valence-corrected chi connectivity index (χ0v) is 11.8. The Hall–Kier alpha value is -1.16. The van der Waals surface area contributed by atoms with E-state index in [1.54, 1.807) is 0 Å². The molecule has 0 bridgehead atoms. The summed E-state index contributed by atoms with van der Waals surface area (Å²) in [6, 6.07) is 1.92. The van der Waals surface area contributed by atoms with Crippen molar-refractivity contribution < 1.29 is 4.74 Å². The Labute approximate surface area is 114 Å². The van der Waals surface area contributed by atoms with Gasteiger partial charge in [0, 0.05) is 11.8 Å². The fourth-order valence-electron chi connectivity index (χ4n) is 2.32. The third-order valence-electron chi connectivity index (χ3n) is 3.55. The second-order valence-electron chi connectivity index (χ2n) is 5.02. The molecule has 1 aromatic rings. The first kappa shape index (κ1) is 13.3. The molecule has 2 N–H and O–H groups in total. The first-order valence-corrected chi connectivity index (χ1v) is 6.89. The van der Waals surface area contributed by atoms with Crippen LogP contribution in [0.3, 0.4) is 0 Å². The summed E-state index contributed by atoms with van der Waals surface area (Å²) in [4.78, 5) is 4.74. The number of ether oxygens (including phenoxy) is 1. The predicted molar refractivity (Wildman–Crippen MR) is 77.1 cm³/mol. The Morgan fingerprint density at radius 1 is 1.50 bits per heavy atom. The van der Waals surface area contributed by atoms with Crippen LogP contribution in [-0.2, 0) is 0 Å². The number of thiocarbonyl (C=S) groups is 1. The summed E-state index contributed by atoms with van der Waals surface area (Å²) in [7, 11) is 0. The summed E-state index contributed by atoms with van der Waals surface area (Å²) in [6.07, 6.45) is 5.19. The minimum absolute atomic E-state index is 0.360. The summed E-state index contributed by atoms with van der Waals surface area (Å²) in [5.74, 6) is 1.63. The molecule has 1 saturated carbocycles. The van der Waals surface area contributed by atoms with Gasteiger partial charge in [-0.25, -0.2) is 0 Å². The molecular formula is C14H20N2OS. The molecule has 0 spiro atoms. The maximum Gasteiger partial charge on any atom is 0.133 e. The van der Waals surface area contributed by atoms with Gasteiger partial charge in [0.15, 0.2) is 0 Å². The van der Waals surface area contributed by atoms with E-state index >= 15 is 0 Å². The van der Waals surface area contributed by atoms with Crippen LogP contribution in [0.15, 0.2) is 6.07 Å². The van der Waals surface area contributed by atoms with Gasteiger partial charge in [-0.3, -0.25) is 4.98 Å². The zero-order chi connectivity index (χ0) is 13.1. The lowest BCUT2D eigenvalue weighted by molar-refractivity contribution is 0.221. The molecule has 1 aromatic heterocycles. The normalized spacial score (nSPS) is 15.2. The second-order valence-corrected chi connectivity index (χ2v) is 5.46. The first-order chi connectivity index (χ1) is 8.58. The number of rotatable bonds is 5. The van der Waals surface area contributed by atoms with Crippen LogP contribution in [0.1, 0.15) is 42.6 Å². The van der Waals surface area contributed by atoms with Gasteiger partial charge in [-0.2, -0.15) is 0 Å². The molecule has 0 aliphatic heterocycles. The molecule has 0 saturated heterocycles. The van der Waals surface area contributed by atoms with E-state index in [0.29, 0.717) is 4.99 Å². The molecule has 1 aliphatic carbocycles. The van der Waals surface area contributed by atoms with Gasteiger partial charge in [0.25, 0.3) is 0 Å². The second kappa shape index (κ2) is 5.65. The Morgan fingerprint density at radius 3 is 2.78 bits per heavy atom. The van der Waals surface area contributed by atoms with Gasteiger partial charge in [0.2, 0.25) is 0 Å². The van der Waals surface area contributed by atoms with Gasteiger partial charge < -0.3 is 10.5 Å². The van der Waals surface area contributed by atoms with E-state index in [9.17, 15) is 0 Å². The quantitative estimate of drug-likeness (QED) is 0.831. The molecule has 2 rings (SSSR count). The fourth-order valence-corrected chi connectivity index (χ4v) is 2.57. The predicted octanol–water partition coefficient (Wildman–Crippen LogP) is 2.90. The van der Waals surface area contributed by atoms with Crippen LogP contribution in [0.2, 0.25) is 0 Å². The molecule has 0 unspecified atom stereocenters. The third kappa shape index (κ3) is 2.99. The van der Waals surface area contributed by atoms with Crippen molar-refractivity contribution in [1.29, 1.82) is 0 Å². The molecule has 18 heavy (non-hydrogen) atoms. The molecule has 4 heteroatoms. The third-order valence-corrected chi connectivity index (χ3v) is 3.75. The maximum absolute atomic E-state index is 5.86. The van der Waals surface area contributed by atoms with E-state index in [0.717, 1.165) is 41.6 Å². The smallest absolute Gasteiger partial charge is 0.133 e. The highest BCUT2D eigenvalue weighted by atomic mass is 32.1. The fraction of sp³-hybridized carbons (Fsp3) is 0.571. The Kier molecular flexibility index (Phi) is 4.17. The Bertz CT molecular complexity index is 455. The number of hydrogen-bond acceptors (Lipinski definition) is 3. The molecule has 0 amide bonds. The van der Waals surface area contributed by atoms with Gasteiger partial charge >= 0.3 is 0 Å². The topological polar surface area (TPSA) is 48.1 Å². The van der Waals surface area contributed by atoms with Crippen molar-refractivity contribution in [2.24, 2.45) is 11.7 Å². The summed E-state index contributed by atoms with van der Waals surface area (Å²) < 4.78 is 5.86. The van der Waals surface area contributed by atoms with Gasteiger partial charge in [-0.15, -0.1) is 0 Å². The molecular weight excluding hydrogens is 244 g/mol. The summed E-state index contributed by atoms with van der Waals surface area (Å²) >= 11 is 5.07. The SMILES string of the molecule is Cc1cc(OCCC2CCC2)c(C(N)=S)c(C)n1. The van der Waals surface area contributed by atoms with Crippen LogP contribution >= 0.6 is 12.2 Å². The Balaban J connectivity index is 2.07. The lowest BCUT2D eigenvalue weighted by Crippen LogP contribution is -2.18. The van der Waals surface area contributed by atoms with Crippen molar-refractivity contribution in [2.45, 2.75) is 39.5 Å². The summed E-state index contributed by atoms with van der Waals surface area (Å²) in [5.41, 5.74) is 8.31. The van der Waals surface area contributed by atoms with Crippen molar-refractivity contribution in [1.82, 2.24) is 4.98 Å². The number of nitrogens with two attached hydrogens (primary N) is 1. The lowest BCUT2D eigenvalue weighted by Gasteiger charge is -2.25. The molecule has 1 fully saturated rings. The summed E-state index contributed by atoms with van der Waals surface area (Å²) in [5, 5.41) is 0. The van der Waals surface area contributed by atoms with E-state index in [-0.39, 0.29) is 0 Å². The van der Waals surface area contributed by atoms with E-state index < -0.39 is 0 Å². The molecule has 0 atom stereocenters. The van der Waals surface area contributed by atoms with Crippen LogP contribution in [0.4, 0.5) is 0 Å². The number of hydrogen-bond donors (Lipinski definition) is 1. The number of pyridine rings is 1. The average molecular weight is 264 g/mol. The van der Waals surface area contributed by atoms with Crippen LogP contribution in [0, 0.1) is 19.8 Å². The average Bonchev–Trinajstić information content (AvgIpc) is 2.19. The van der Waals surface area contributed by atoms with Crippen LogP contribution in [-0.4, -0.2) is 16.6 Å². The van der Waals surface area contributed by atoms with Crippen LogP contribution < -0.4 is 10.5 Å². The minimum atomic E-state index is 0.360. The van der Waals surface area contributed by atoms with Gasteiger partial charge in [0.05, 0.1) is 17.9 Å². The molecule has 98 valence electrons. The van der Waals surface area contributed by atoms with Crippen molar-refractivity contribution in [3.63, 3.8) is 0 Å². The van der Waals surface area contributed by atoms with Gasteiger partial charge in [-0.1, -0.05) is 31.5 Å². The van der Waals surface area contributed by atoms with E-state index in [1.165, 1.54) is 19.3 Å². The van der Waals surface area contributed by atoms with Crippen molar-refractivity contribution in [3.05, 3.63) is 23.0 Å². The Morgan fingerprint density at radius 2 is 2.22 bits per heavy atom. The van der Waals surface area contributed by atoms with E-state index in [4.69, 9.17) is 22.7 Å². The zero-order valence-electron chi connectivity index (χ0n) is 11.0. The maximum atomic E-state index is 5.86. The van der Waals surface area contributed by atoms with Crippen molar-refractivity contribution in [2.75, 3.05) is 6.61 Å². The standard InChI is InChI=1S/C14H20N2OS/c1-9-8-12(13(14(15)18)10(2)16-9)17-7-6-11-4-3-5-11/h8,11H,3-7H2,1-2H3,(H2,15,18). The number of aromatic nitrogens is 1. The molecule has 1 heterocycles. The highest BCUT2D eigenvalue weighted by Crippen LogP contribution is 2.30. The molecule has 1 aliphatic rings.